The largest absolute Gasteiger partial charge is 0.454 e. The molecule has 4 aromatic rings. The zero-order chi connectivity index (χ0) is 28.7. The van der Waals surface area contributed by atoms with Crippen molar-refractivity contribution < 1.29 is 19.0 Å². The first kappa shape index (κ1) is 26.8. The number of carbonyl (C=O) groups is 1. The van der Waals surface area contributed by atoms with Crippen LogP contribution in [-0.4, -0.2) is 41.1 Å². The molecule has 4 heterocycles. The van der Waals surface area contributed by atoms with Gasteiger partial charge >= 0.3 is 0 Å². The number of hydrogen-bond donors (Lipinski definition) is 2. The van der Waals surface area contributed by atoms with Crippen molar-refractivity contribution in [2.45, 2.75) is 32.9 Å². The molecule has 1 saturated heterocycles. The summed E-state index contributed by atoms with van der Waals surface area (Å²) in [6.07, 6.45) is 1.80. The van der Waals surface area contributed by atoms with Crippen LogP contribution in [0.5, 0.6) is 11.5 Å². The second-order valence-corrected chi connectivity index (χ2v) is 10.6. The molecule has 2 aliphatic heterocycles. The fourth-order valence-corrected chi connectivity index (χ4v) is 6.06. The van der Waals surface area contributed by atoms with Gasteiger partial charge < -0.3 is 34.3 Å². The van der Waals surface area contributed by atoms with E-state index in [-0.39, 0.29) is 31.4 Å². The summed E-state index contributed by atoms with van der Waals surface area (Å²) >= 11 is 5.95. The number of rotatable bonds is 7. The van der Waals surface area contributed by atoms with Gasteiger partial charge in [0.25, 0.3) is 0 Å². The third-order valence-corrected chi connectivity index (χ3v) is 7.85. The molecular formula is C31H31N5O4S. The Morgan fingerprint density at radius 2 is 1.88 bits per heavy atom. The Labute approximate surface area is 244 Å². The van der Waals surface area contributed by atoms with E-state index in [0.717, 1.165) is 56.8 Å². The molecule has 2 atom stereocenters. The van der Waals surface area contributed by atoms with E-state index < -0.39 is 0 Å². The molecule has 6 rings (SSSR count). The van der Waals surface area contributed by atoms with Crippen LogP contribution in [0.2, 0.25) is 0 Å². The number of aromatic nitrogens is 2. The summed E-state index contributed by atoms with van der Waals surface area (Å²) in [5.74, 6) is 1.28. The highest BCUT2D eigenvalue weighted by Crippen LogP contribution is 2.45. The Morgan fingerprint density at radius 1 is 1.07 bits per heavy atom. The van der Waals surface area contributed by atoms with Gasteiger partial charge in [-0.2, -0.15) is 0 Å². The van der Waals surface area contributed by atoms with E-state index >= 15 is 0 Å². The smallest absolute Gasteiger partial charge is 0.250 e. The van der Waals surface area contributed by atoms with Gasteiger partial charge in [0, 0.05) is 47.8 Å². The zero-order valence-electron chi connectivity index (χ0n) is 23.3. The number of methoxy groups -OCH3 is 1. The minimum atomic E-state index is -0.203. The predicted molar refractivity (Wildman–Crippen MR) is 161 cm³/mol. The maximum absolute atomic E-state index is 12.1. The molecule has 0 bridgehead atoms. The Hall–Kier alpha value is -4.41. The van der Waals surface area contributed by atoms with Crippen molar-refractivity contribution in [1.82, 2.24) is 14.9 Å². The van der Waals surface area contributed by atoms with Gasteiger partial charge in [-0.1, -0.05) is 6.07 Å². The van der Waals surface area contributed by atoms with Crippen LogP contribution >= 0.6 is 12.2 Å². The first-order chi connectivity index (χ1) is 19.9. The summed E-state index contributed by atoms with van der Waals surface area (Å²) in [7, 11) is 1.50. The second kappa shape index (κ2) is 10.9. The third kappa shape index (κ3) is 4.89. The van der Waals surface area contributed by atoms with Gasteiger partial charge in [-0.25, -0.2) is 0 Å². The van der Waals surface area contributed by atoms with E-state index in [9.17, 15) is 4.79 Å². The number of nitrogens with one attached hydrogen (secondary N) is 2. The van der Waals surface area contributed by atoms with Gasteiger partial charge in [-0.15, -0.1) is 0 Å². The van der Waals surface area contributed by atoms with Crippen LogP contribution in [0.15, 0.2) is 66.9 Å². The SMILES string of the molecule is COCC(=O)Nc1ccc(N2C(=S)N[C@H](c3ccccn3)[C@H]2c2cc(C)n(-c3ccc4c(c3)OCO4)c2C)cc1C. The summed E-state index contributed by atoms with van der Waals surface area (Å²) in [5, 5.41) is 7.06. The number of pyridine rings is 1. The Balaban J connectivity index is 1.44. The van der Waals surface area contributed by atoms with Crippen LogP contribution in [0, 0.1) is 20.8 Å². The summed E-state index contributed by atoms with van der Waals surface area (Å²) < 4.78 is 18.4. The Kier molecular flexibility index (Phi) is 7.10. The first-order valence-electron chi connectivity index (χ1n) is 13.3. The molecule has 0 saturated carbocycles. The van der Waals surface area contributed by atoms with Crippen LogP contribution in [0.1, 0.15) is 40.3 Å². The zero-order valence-corrected chi connectivity index (χ0v) is 24.1. The number of carbonyl (C=O) groups excluding carboxylic acids is 1. The number of benzene rings is 2. The molecule has 2 N–H and O–H groups in total. The van der Waals surface area contributed by atoms with Crippen molar-refractivity contribution in [3.63, 3.8) is 0 Å². The van der Waals surface area contributed by atoms with Gasteiger partial charge in [-0.3, -0.25) is 9.78 Å². The number of ether oxygens (including phenoxy) is 3. The Bertz CT molecular complexity index is 1640. The lowest BCUT2D eigenvalue weighted by atomic mass is 9.96. The number of anilines is 2. The predicted octanol–water partition coefficient (Wildman–Crippen LogP) is 5.29. The van der Waals surface area contributed by atoms with Crippen molar-refractivity contribution in [2.24, 2.45) is 0 Å². The van der Waals surface area contributed by atoms with Crippen LogP contribution in [-0.2, 0) is 9.53 Å². The topological polar surface area (TPSA) is 89.9 Å². The number of aryl methyl sites for hydroxylation is 2. The van der Waals surface area contributed by atoms with Gasteiger partial charge in [0.15, 0.2) is 16.6 Å². The second-order valence-electron chi connectivity index (χ2n) is 10.2. The van der Waals surface area contributed by atoms with E-state index in [4.69, 9.17) is 31.4 Å². The van der Waals surface area contributed by atoms with E-state index in [1.807, 2.05) is 61.5 Å². The van der Waals surface area contributed by atoms with Crippen LogP contribution in [0.4, 0.5) is 11.4 Å². The molecule has 1 fully saturated rings. The van der Waals surface area contributed by atoms with Crippen molar-refractivity contribution in [2.75, 3.05) is 30.7 Å². The molecular weight excluding hydrogens is 538 g/mol. The first-order valence-corrected chi connectivity index (χ1v) is 13.8. The van der Waals surface area contributed by atoms with E-state index in [1.54, 1.807) is 6.20 Å². The monoisotopic (exact) mass is 569 g/mol. The molecule has 41 heavy (non-hydrogen) atoms. The molecule has 2 aromatic heterocycles. The standard InChI is InChI=1S/C31H31N5O4S/c1-18-13-21(8-10-24(18)33-28(37)16-38-4)36-30(29(34-31(36)41)25-7-5-6-12-32-25)23-14-19(2)35(20(23)3)22-9-11-26-27(15-22)40-17-39-26/h5-15,29-30H,16-17H2,1-4H3,(H,33,37)(H,34,41)/t29-,30-/m1/s1. The number of amides is 1. The fraction of sp³-hybridized carbons (Fsp3) is 0.258. The summed E-state index contributed by atoms with van der Waals surface area (Å²) in [4.78, 5) is 19.0. The highest BCUT2D eigenvalue weighted by atomic mass is 32.1. The maximum atomic E-state index is 12.1. The van der Waals surface area contributed by atoms with Crippen LogP contribution < -0.4 is 25.0 Å². The minimum Gasteiger partial charge on any atom is -0.454 e. The van der Waals surface area contributed by atoms with Crippen molar-refractivity contribution in [3.05, 3.63) is 95.1 Å². The quantitative estimate of drug-likeness (QED) is 0.291. The summed E-state index contributed by atoms with van der Waals surface area (Å²) in [5.41, 5.74) is 7.75. The number of nitrogens with zero attached hydrogens (tertiary/aromatic N) is 3. The lowest BCUT2D eigenvalue weighted by molar-refractivity contribution is -0.119. The van der Waals surface area contributed by atoms with Crippen molar-refractivity contribution >= 4 is 34.6 Å². The van der Waals surface area contributed by atoms with E-state index in [2.05, 4.69) is 40.0 Å². The number of fused-ring (bicyclic) bond motifs is 1. The normalized spacial score (nSPS) is 17.6. The van der Waals surface area contributed by atoms with Crippen LogP contribution in [0.3, 0.4) is 0 Å². The average Bonchev–Trinajstić information content (AvgIpc) is 3.65. The van der Waals surface area contributed by atoms with E-state index in [0.29, 0.717) is 5.11 Å². The molecule has 210 valence electrons. The molecule has 2 aliphatic rings. The van der Waals surface area contributed by atoms with Crippen molar-refractivity contribution in [3.8, 4) is 17.2 Å². The maximum Gasteiger partial charge on any atom is 0.250 e. The minimum absolute atomic E-state index is 0.00581. The fourth-order valence-electron chi connectivity index (χ4n) is 5.71. The van der Waals surface area contributed by atoms with Crippen LogP contribution in [0.25, 0.3) is 5.69 Å². The molecule has 10 heteroatoms. The van der Waals surface area contributed by atoms with Gasteiger partial charge in [0.1, 0.15) is 6.61 Å². The lowest BCUT2D eigenvalue weighted by Gasteiger charge is -2.29. The van der Waals surface area contributed by atoms with Gasteiger partial charge in [0.05, 0.1) is 17.8 Å². The lowest BCUT2D eigenvalue weighted by Crippen LogP contribution is -2.29. The molecule has 0 unspecified atom stereocenters. The van der Waals surface area contributed by atoms with Gasteiger partial charge in [-0.05, 0) is 92.6 Å². The summed E-state index contributed by atoms with van der Waals surface area (Å²) in [6, 6.07) is 19.7. The molecule has 1 amide bonds. The molecule has 0 aliphatic carbocycles. The third-order valence-electron chi connectivity index (χ3n) is 7.54. The number of thiocarbonyl (C=S) groups is 1. The summed E-state index contributed by atoms with van der Waals surface area (Å²) in [6.45, 7) is 6.42. The molecule has 9 nitrogen and oxygen atoms in total. The molecule has 0 radical (unpaired) electrons. The van der Waals surface area contributed by atoms with Gasteiger partial charge in [0.2, 0.25) is 12.7 Å². The van der Waals surface area contributed by atoms with E-state index in [1.165, 1.54) is 7.11 Å². The molecule has 0 spiro atoms. The molecule has 2 aromatic carbocycles. The number of hydrogen-bond acceptors (Lipinski definition) is 6. The highest BCUT2D eigenvalue weighted by molar-refractivity contribution is 7.80. The highest BCUT2D eigenvalue weighted by Gasteiger charge is 2.42. The van der Waals surface area contributed by atoms with Crippen molar-refractivity contribution in [1.29, 1.82) is 0 Å². The Morgan fingerprint density at radius 3 is 2.63 bits per heavy atom. The average molecular weight is 570 g/mol.